The zero-order valence-corrected chi connectivity index (χ0v) is 41.5. The lowest BCUT2D eigenvalue weighted by Crippen LogP contribution is -2.40. The van der Waals surface area contributed by atoms with Gasteiger partial charge in [-0.05, 0) is 90.1 Å². The fourth-order valence-corrected chi connectivity index (χ4v) is 8.69. The van der Waals surface area contributed by atoms with E-state index in [2.05, 4.69) is 40.1 Å². The third-order valence-electron chi connectivity index (χ3n) is 13.0. The van der Waals surface area contributed by atoms with E-state index >= 15 is 4.39 Å². The van der Waals surface area contributed by atoms with Crippen LogP contribution in [0.3, 0.4) is 0 Å². The van der Waals surface area contributed by atoms with Gasteiger partial charge in [-0.25, -0.2) is 4.39 Å². The number of carbonyl (C=O) groups is 4. The molecule has 0 unspecified atom stereocenters. The summed E-state index contributed by atoms with van der Waals surface area (Å²) in [5.74, 6) is 0.186. The Balaban J connectivity index is 1.08. The van der Waals surface area contributed by atoms with Crippen molar-refractivity contribution in [2.45, 2.75) is 122 Å². The number of carboxylic acid groups (broad SMARTS) is 1. The van der Waals surface area contributed by atoms with Crippen LogP contribution in [0.25, 0.3) is 11.1 Å². The van der Waals surface area contributed by atoms with Crippen LogP contribution in [0, 0.1) is 11.7 Å². The summed E-state index contributed by atoms with van der Waals surface area (Å²) in [6.45, 7) is 8.56. The smallest absolute Gasteiger partial charge is 0.303 e. The number of carbonyl (C=O) groups excluding carboxylic acids is 3. The number of nitrogens with zero attached hydrogens (tertiary/aromatic N) is 4. The Kier molecular flexibility index (Phi) is 22.5. The first-order valence-electron chi connectivity index (χ1n) is 25.1. The number of unbranched alkanes of at least 4 members (excludes halogenated alkanes) is 6. The number of halogens is 1. The highest BCUT2D eigenvalue weighted by molar-refractivity contribution is 5.77. The average Bonchev–Trinajstić information content (AvgIpc) is 4.09. The number of amides is 3. The van der Waals surface area contributed by atoms with Gasteiger partial charge in [-0.1, -0.05) is 81.5 Å². The lowest BCUT2D eigenvalue weighted by molar-refractivity contribution is -0.137. The summed E-state index contributed by atoms with van der Waals surface area (Å²) in [6, 6.07) is 18.4. The van der Waals surface area contributed by atoms with Gasteiger partial charge in [0, 0.05) is 95.3 Å². The molecule has 4 aromatic rings. The SMILES string of the molecule is COc1ccc(F)c(-c2ccc(COc3cccc([C@@H](CC(=O)O)C4CC4)c3)cc2C(C)(C)c2cn(CCCCCCCCCC(=O)NCCN(CCC(=O)NCCN)CCC(=O)NCCN)nn2)c1. The molecule has 17 heteroatoms. The van der Waals surface area contributed by atoms with E-state index in [9.17, 15) is 24.3 Å². The van der Waals surface area contributed by atoms with E-state index in [4.69, 9.17) is 20.9 Å². The molecule has 16 nitrogen and oxygen atoms in total. The summed E-state index contributed by atoms with van der Waals surface area (Å²) in [5, 5.41) is 27.2. The number of hydrogen-bond donors (Lipinski definition) is 6. The number of aryl methyl sites for hydroxylation is 1. The zero-order chi connectivity index (χ0) is 50.3. The standard InChI is InChI=1S/C53H76FN9O7/c1-53(2,46-32-38(15-19-43(46)45-34-41(69-3)18-20-47(45)54)37-70-42-13-11-12-40(33-42)44(35-52(67)68)39-16-17-39)48-36-63(61-60-48)28-10-8-6-4-5-7-9-14-49(64)59-27-31-62(29-21-50(65)57-25-23-55)30-22-51(66)58-26-24-56/h11-13,15,18-20,32-34,36,39,44H,4-10,14,16-17,21-31,35,37,55-56H2,1-3H3,(H,57,65)(H,58,66)(H,59,64)(H,67,68)/t44-/m0/s1. The molecule has 1 aromatic heterocycles. The van der Waals surface area contributed by atoms with Crippen LogP contribution in [0.4, 0.5) is 4.39 Å². The van der Waals surface area contributed by atoms with Crippen LogP contribution in [-0.2, 0) is 37.7 Å². The summed E-state index contributed by atoms with van der Waals surface area (Å²) in [6.07, 6.45) is 12.1. The predicted octanol–water partition coefficient (Wildman–Crippen LogP) is 6.44. The molecule has 0 radical (unpaired) electrons. The summed E-state index contributed by atoms with van der Waals surface area (Å²) in [7, 11) is 1.56. The molecule has 5 rings (SSSR count). The lowest BCUT2D eigenvalue weighted by atomic mass is 9.77. The van der Waals surface area contributed by atoms with Crippen LogP contribution in [0.5, 0.6) is 11.5 Å². The van der Waals surface area contributed by atoms with Gasteiger partial charge in [-0.3, -0.25) is 23.9 Å². The summed E-state index contributed by atoms with van der Waals surface area (Å²) in [5.41, 5.74) is 14.9. The normalized spacial score (nSPS) is 13.0. The second-order valence-electron chi connectivity index (χ2n) is 18.8. The maximum Gasteiger partial charge on any atom is 0.303 e. The molecule has 1 heterocycles. The van der Waals surface area contributed by atoms with Gasteiger partial charge in [0.1, 0.15) is 23.9 Å². The highest BCUT2D eigenvalue weighted by Crippen LogP contribution is 2.45. The van der Waals surface area contributed by atoms with Gasteiger partial charge in [-0.15, -0.1) is 5.10 Å². The molecule has 0 spiro atoms. The molecule has 382 valence electrons. The van der Waals surface area contributed by atoms with Gasteiger partial charge < -0.3 is 46.9 Å². The molecule has 1 fully saturated rings. The Bertz CT molecular complexity index is 2260. The van der Waals surface area contributed by atoms with Gasteiger partial charge in [0.15, 0.2) is 0 Å². The van der Waals surface area contributed by atoms with Gasteiger partial charge >= 0.3 is 5.97 Å². The monoisotopic (exact) mass is 970 g/mol. The molecule has 1 saturated carbocycles. The molecule has 1 aliphatic rings. The van der Waals surface area contributed by atoms with Crippen molar-refractivity contribution in [2.24, 2.45) is 17.4 Å². The molecule has 0 bridgehead atoms. The second-order valence-corrected chi connectivity index (χ2v) is 18.8. The summed E-state index contributed by atoms with van der Waals surface area (Å²) in [4.78, 5) is 50.5. The third kappa shape index (κ3) is 18.1. The van der Waals surface area contributed by atoms with Crippen molar-refractivity contribution >= 4 is 23.7 Å². The van der Waals surface area contributed by atoms with Crippen molar-refractivity contribution < 1.29 is 38.1 Å². The minimum Gasteiger partial charge on any atom is -0.497 e. The number of hydrogen-bond acceptors (Lipinski definition) is 11. The highest BCUT2D eigenvalue weighted by Gasteiger charge is 2.34. The van der Waals surface area contributed by atoms with Crippen molar-refractivity contribution in [3.8, 4) is 22.6 Å². The molecule has 8 N–H and O–H groups in total. The van der Waals surface area contributed by atoms with E-state index in [0.717, 1.165) is 80.2 Å². The molecule has 3 aromatic carbocycles. The van der Waals surface area contributed by atoms with Gasteiger partial charge in [0.25, 0.3) is 0 Å². The molecule has 1 aliphatic carbocycles. The number of aliphatic carboxylic acids is 1. The Morgan fingerprint density at radius 1 is 0.800 bits per heavy atom. The van der Waals surface area contributed by atoms with Gasteiger partial charge in [0.2, 0.25) is 17.7 Å². The van der Waals surface area contributed by atoms with Crippen LogP contribution in [0.1, 0.15) is 126 Å². The summed E-state index contributed by atoms with van der Waals surface area (Å²) >= 11 is 0. The van der Waals surface area contributed by atoms with Crippen LogP contribution >= 0.6 is 0 Å². The first-order valence-corrected chi connectivity index (χ1v) is 25.1. The van der Waals surface area contributed by atoms with E-state index in [0.29, 0.717) is 93.9 Å². The zero-order valence-electron chi connectivity index (χ0n) is 41.5. The van der Waals surface area contributed by atoms with E-state index < -0.39 is 11.4 Å². The van der Waals surface area contributed by atoms with Crippen LogP contribution in [-0.4, -0.2) is 108 Å². The molecular weight excluding hydrogens is 894 g/mol. The molecule has 0 aliphatic heterocycles. The maximum atomic E-state index is 15.6. The number of carboxylic acids is 1. The van der Waals surface area contributed by atoms with Gasteiger partial charge in [0.05, 0.1) is 19.2 Å². The lowest BCUT2D eigenvalue weighted by Gasteiger charge is -2.27. The molecule has 0 saturated heterocycles. The highest BCUT2D eigenvalue weighted by atomic mass is 19.1. The van der Waals surface area contributed by atoms with Crippen molar-refractivity contribution in [1.82, 2.24) is 35.8 Å². The largest absolute Gasteiger partial charge is 0.497 e. The van der Waals surface area contributed by atoms with E-state index in [1.165, 1.54) is 6.07 Å². The first-order chi connectivity index (χ1) is 33.8. The number of rotatable bonds is 34. The predicted molar refractivity (Wildman–Crippen MR) is 269 cm³/mol. The van der Waals surface area contributed by atoms with Gasteiger partial charge in [-0.2, -0.15) is 0 Å². The van der Waals surface area contributed by atoms with E-state index in [1.807, 2.05) is 58.2 Å². The third-order valence-corrected chi connectivity index (χ3v) is 13.0. The fraction of sp³-hybridized carbons (Fsp3) is 0.547. The Hall–Kier alpha value is -5.91. The van der Waals surface area contributed by atoms with Crippen molar-refractivity contribution in [2.75, 3.05) is 59.5 Å². The Morgan fingerprint density at radius 3 is 2.11 bits per heavy atom. The molecule has 1 atom stereocenters. The minimum absolute atomic E-state index is 0.00216. The topological polar surface area (TPSA) is 229 Å². The number of ether oxygens (including phenoxy) is 2. The Morgan fingerprint density at radius 2 is 1.46 bits per heavy atom. The van der Waals surface area contributed by atoms with Crippen molar-refractivity contribution in [3.05, 3.63) is 95.1 Å². The molecule has 3 amide bonds. The quantitative estimate of drug-likeness (QED) is 0.0278. The Labute approximate surface area is 412 Å². The van der Waals surface area contributed by atoms with E-state index in [-0.39, 0.29) is 55.3 Å². The number of benzene rings is 3. The molecule has 70 heavy (non-hydrogen) atoms. The fourth-order valence-electron chi connectivity index (χ4n) is 8.69. The van der Waals surface area contributed by atoms with E-state index in [1.54, 1.807) is 19.2 Å². The molecular formula is C53H76FN9O7. The van der Waals surface area contributed by atoms with Crippen LogP contribution in [0.15, 0.2) is 66.9 Å². The number of methoxy groups -OCH3 is 1. The number of aromatic nitrogens is 3. The van der Waals surface area contributed by atoms with Crippen molar-refractivity contribution in [3.63, 3.8) is 0 Å². The number of nitrogens with one attached hydrogen (secondary N) is 3. The maximum absolute atomic E-state index is 15.6. The number of nitrogens with two attached hydrogens (primary N) is 2. The van der Waals surface area contributed by atoms with Crippen molar-refractivity contribution in [1.29, 1.82) is 0 Å². The van der Waals surface area contributed by atoms with Crippen LogP contribution in [0.2, 0.25) is 0 Å². The van der Waals surface area contributed by atoms with Crippen LogP contribution < -0.4 is 36.9 Å². The summed E-state index contributed by atoms with van der Waals surface area (Å²) < 4.78 is 29.3. The second kappa shape index (κ2) is 28.7. The first kappa shape index (κ1) is 55.0. The average molecular weight is 970 g/mol. The minimum atomic E-state index is -0.801.